The SMILES string of the molecule is OC(CCOCCOCC(O)COC(F)(F)C1(F)C2(F)C(F)(F)C3(F)C(F)(F)C(F)(C2(F)F)C(F)(F)C1(F)C3(F)F)COC(F)(F)C1(F)C2(F)C(F)(F)C3(F)C(F)(F)C(F)(C2(F)F)C(F)(F)C1(F)C3(F)F. The summed E-state index contributed by atoms with van der Waals surface area (Å²) in [5.74, 6) is -85.0. The van der Waals surface area contributed by atoms with Gasteiger partial charge in [-0.05, 0) is 6.42 Å². The highest BCUT2D eigenvalue weighted by molar-refractivity contribution is 5.58. The third kappa shape index (κ3) is 4.49. The molecule has 0 saturated heterocycles. The fraction of sp³-hybridized carbons (Fsp3) is 1.00. The number of aliphatic hydroxyl groups excluding tert-OH is 2. The lowest BCUT2D eigenvalue weighted by molar-refractivity contribution is -0.614. The Hall–Kier alpha value is -2.62. The molecule has 0 amide bonds. The van der Waals surface area contributed by atoms with Crippen LogP contribution in [0.4, 0.5) is 149 Å². The molecular formula is C31H18F34O6. The van der Waals surface area contributed by atoms with Gasteiger partial charge in [0.15, 0.2) is 0 Å². The van der Waals surface area contributed by atoms with Crippen LogP contribution in [0.25, 0.3) is 0 Å². The molecule has 0 radical (unpaired) electrons. The van der Waals surface area contributed by atoms with Crippen molar-refractivity contribution in [2.24, 2.45) is 0 Å². The molecule has 2 atom stereocenters. The molecular weight excluding hydrogens is 1110 g/mol. The predicted octanol–water partition coefficient (Wildman–Crippen LogP) is 8.87. The largest absolute Gasteiger partial charge is 0.397 e. The molecule has 0 heterocycles. The molecule has 71 heavy (non-hydrogen) atoms. The first-order valence-corrected chi connectivity index (χ1v) is 18.2. The lowest BCUT2D eigenvalue weighted by Gasteiger charge is -2.75. The first-order valence-electron chi connectivity index (χ1n) is 18.2. The van der Waals surface area contributed by atoms with Gasteiger partial charge in [-0.3, -0.25) is 0 Å². The summed E-state index contributed by atoms with van der Waals surface area (Å²) >= 11 is 0. The Labute approximate surface area is 365 Å². The zero-order chi connectivity index (χ0) is 55.9. The van der Waals surface area contributed by atoms with Gasteiger partial charge in [0.1, 0.15) is 6.10 Å². The number of hydrogen-bond donors (Lipinski definition) is 2. The average molecular weight is 1130 g/mol. The Kier molecular flexibility index (Phi) is 11.3. The van der Waals surface area contributed by atoms with E-state index in [0.717, 1.165) is 0 Å². The van der Waals surface area contributed by atoms with Gasteiger partial charge >= 0.3 is 94.1 Å². The third-order valence-corrected chi connectivity index (χ3v) is 13.5. The van der Waals surface area contributed by atoms with E-state index in [1.54, 1.807) is 0 Å². The first kappa shape index (κ1) is 57.7. The van der Waals surface area contributed by atoms with Crippen molar-refractivity contribution in [3.63, 3.8) is 0 Å². The maximum absolute atomic E-state index is 15.9. The number of halogens is 34. The molecule has 0 spiro atoms. The van der Waals surface area contributed by atoms with Gasteiger partial charge in [-0.1, -0.05) is 0 Å². The van der Waals surface area contributed by atoms with E-state index in [4.69, 9.17) is 0 Å². The summed E-state index contributed by atoms with van der Waals surface area (Å²) in [6.07, 6.45) is -23.2. The molecule has 0 aromatic rings. The summed E-state index contributed by atoms with van der Waals surface area (Å²) in [5, 5.41) is 19.3. The Balaban J connectivity index is 1.08. The van der Waals surface area contributed by atoms with Crippen molar-refractivity contribution in [1.29, 1.82) is 0 Å². The lowest BCUT2D eigenvalue weighted by atomic mass is 9.37. The van der Waals surface area contributed by atoms with Crippen molar-refractivity contribution >= 4 is 0 Å². The molecule has 8 rings (SSSR count). The summed E-state index contributed by atoms with van der Waals surface area (Å²) in [5.41, 5.74) is -84.6. The maximum Gasteiger partial charge on any atom is 0.397 e. The normalized spacial score (nSPS) is 46.8. The van der Waals surface area contributed by atoms with E-state index in [2.05, 4.69) is 18.9 Å². The van der Waals surface area contributed by atoms with Crippen LogP contribution in [0.5, 0.6) is 0 Å². The number of alkyl halides is 34. The quantitative estimate of drug-likeness (QED) is 0.119. The fourth-order valence-corrected chi connectivity index (χ4v) is 9.93. The molecule has 0 aliphatic heterocycles. The van der Waals surface area contributed by atoms with Crippen LogP contribution in [-0.4, -0.2) is 190 Å². The Morgan fingerprint density at radius 3 is 0.746 bits per heavy atom. The van der Waals surface area contributed by atoms with Gasteiger partial charge in [-0.2, -0.15) is 105 Å². The molecule has 8 bridgehead atoms. The van der Waals surface area contributed by atoms with E-state index in [-0.39, 0.29) is 0 Å². The first-order chi connectivity index (χ1) is 31.0. The summed E-state index contributed by atoms with van der Waals surface area (Å²) in [6.45, 7) is -11.0. The second kappa shape index (κ2) is 13.9. The highest BCUT2D eigenvalue weighted by Crippen LogP contribution is 2.92. The highest BCUT2D eigenvalue weighted by Gasteiger charge is 3.26. The lowest BCUT2D eigenvalue weighted by Crippen LogP contribution is -3.10. The minimum atomic E-state index is -8.55. The van der Waals surface area contributed by atoms with E-state index in [1.165, 1.54) is 0 Å². The van der Waals surface area contributed by atoms with Crippen molar-refractivity contribution in [2.75, 3.05) is 39.6 Å². The number of rotatable bonds is 16. The van der Waals surface area contributed by atoms with Gasteiger partial charge in [0.25, 0.3) is 34.0 Å². The minimum absolute atomic E-state index is 1.16. The molecule has 6 nitrogen and oxygen atoms in total. The van der Waals surface area contributed by atoms with Gasteiger partial charge in [-0.15, -0.1) is 0 Å². The van der Waals surface area contributed by atoms with Crippen LogP contribution in [0.1, 0.15) is 6.42 Å². The van der Waals surface area contributed by atoms with Crippen LogP contribution in [0, 0.1) is 0 Å². The second-order valence-corrected chi connectivity index (χ2v) is 16.8. The van der Waals surface area contributed by atoms with Gasteiger partial charge < -0.3 is 29.2 Å². The summed E-state index contributed by atoms with van der Waals surface area (Å²) in [4.78, 5) is 0. The minimum Gasteiger partial charge on any atom is -0.391 e. The van der Waals surface area contributed by atoms with E-state index in [0.29, 0.717) is 0 Å². The summed E-state index contributed by atoms with van der Waals surface area (Å²) in [7, 11) is 0. The molecule has 416 valence electrons. The van der Waals surface area contributed by atoms with Gasteiger partial charge in [0.2, 0.25) is 0 Å². The molecule has 0 aromatic heterocycles. The van der Waals surface area contributed by atoms with Crippen LogP contribution < -0.4 is 0 Å². The van der Waals surface area contributed by atoms with Crippen LogP contribution in [0.3, 0.4) is 0 Å². The number of aliphatic hydroxyl groups is 2. The molecule has 8 aliphatic rings. The summed E-state index contributed by atoms with van der Waals surface area (Å²) in [6, 6.07) is 0. The smallest absolute Gasteiger partial charge is 0.391 e. The van der Waals surface area contributed by atoms with Crippen LogP contribution in [-0.2, 0) is 18.9 Å². The zero-order valence-corrected chi connectivity index (χ0v) is 32.5. The van der Waals surface area contributed by atoms with Crippen LogP contribution in [0.2, 0.25) is 0 Å². The summed E-state index contributed by atoms with van der Waals surface area (Å²) < 4.78 is 523. The van der Waals surface area contributed by atoms with Gasteiger partial charge in [-0.25, -0.2) is 43.9 Å². The van der Waals surface area contributed by atoms with Crippen LogP contribution in [0.15, 0.2) is 0 Å². The molecule has 2 unspecified atom stereocenters. The molecule has 8 saturated carbocycles. The van der Waals surface area contributed by atoms with Crippen molar-refractivity contribution in [2.45, 2.75) is 147 Å². The standard InChI is InChI=1S/C31H18F34O6/c32-10(12(34)20(42,43)16(38)22(46,47)13(10,35)23(48,49)17(39,21(12,44)45)28(16,58)59)30(62,63)70-6-8(66)1-2-68-3-4-69-5-9(67)7-71-31(64,65)11(33)14(36)24(50,51)18(40)26(54,55)15(11,37)27(56,57)19(41,25(14,52)53)29(18,60)61/h8-9,66-67H,1-7H2. The predicted molar refractivity (Wildman–Crippen MR) is 148 cm³/mol. The van der Waals surface area contributed by atoms with Crippen LogP contribution >= 0.6 is 0 Å². The van der Waals surface area contributed by atoms with Gasteiger partial charge in [0, 0.05) is 6.61 Å². The Morgan fingerprint density at radius 2 is 0.493 bits per heavy atom. The van der Waals surface area contributed by atoms with E-state index in [9.17, 15) is 116 Å². The topological polar surface area (TPSA) is 77.4 Å². The van der Waals surface area contributed by atoms with Crippen molar-refractivity contribution in [3.8, 4) is 0 Å². The molecule has 8 fully saturated rings. The Morgan fingerprint density at radius 1 is 0.282 bits per heavy atom. The van der Waals surface area contributed by atoms with Gasteiger partial charge in [0.05, 0.1) is 39.1 Å². The molecule has 2 N–H and O–H groups in total. The van der Waals surface area contributed by atoms with Crippen molar-refractivity contribution in [3.05, 3.63) is 0 Å². The zero-order valence-electron chi connectivity index (χ0n) is 32.5. The van der Waals surface area contributed by atoms with E-state index in [1.807, 2.05) is 0 Å². The monoisotopic (exact) mass is 1130 g/mol. The third-order valence-electron chi connectivity index (χ3n) is 13.5. The number of hydrogen-bond acceptors (Lipinski definition) is 6. The molecule has 8 aliphatic carbocycles. The number of ether oxygens (including phenoxy) is 4. The maximum atomic E-state index is 15.9. The molecule has 0 aromatic carbocycles. The average Bonchev–Trinajstić information content (AvgIpc) is 3.23. The van der Waals surface area contributed by atoms with E-state index >= 15 is 43.9 Å². The van der Waals surface area contributed by atoms with Crippen molar-refractivity contribution in [1.82, 2.24) is 0 Å². The Bertz CT molecular complexity index is 1860. The van der Waals surface area contributed by atoms with E-state index < -0.39 is 186 Å². The van der Waals surface area contributed by atoms with Crippen molar-refractivity contribution < 1.29 is 178 Å². The molecule has 40 heteroatoms. The second-order valence-electron chi connectivity index (χ2n) is 16.8. The highest BCUT2D eigenvalue weighted by atomic mass is 19.4. The fourth-order valence-electron chi connectivity index (χ4n) is 9.93.